The number of carbonyl (C=O) groups excluding carboxylic acids is 2. The van der Waals surface area contributed by atoms with Crippen molar-refractivity contribution < 1.29 is 23.5 Å². The van der Waals surface area contributed by atoms with Crippen LogP contribution in [-0.2, 0) is 16.1 Å². The van der Waals surface area contributed by atoms with Gasteiger partial charge in [0.15, 0.2) is 6.61 Å². The van der Waals surface area contributed by atoms with Crippen molar-refractivity contribution in [1.82, 2.24) is 0 Å². The molecule has 0 aliphatic rings. The van der Waals surface area contributed by atoms with E-state index in [1.807, 2.05) is 48.5 Å². The second-order valence-corrected chi connectivity index (χ2v) is 6.63. The third-order valence-corrected chi connectivity index (χ3v) is 4.41. The highest BCUT2D eigenvalue weighted by molar-refractivity contribution is 14.1. The molecule has 6 nitrogen and oxygen atoms in total. The lowest BCUT2D eigenvalue weighted by Crippen LogP contribution is -2.21. The van der Waals surface area contributed by atoms with Crippen LogP contribution in [0, 0.1) is 3.57 Å². The first-order valence-electron chi connectivity index (χ1n) is 8.10. The van der Waals surface area contributed by atoms with Gasteiger partial charge in [-0.2, -0.15) is 0 Å². The van der Waals surface area contributed by atoms with Crippen molar-refractivity contribution in [1.29, 1.82) is 0 Å². The van der Waals surface area contributed by atoms with E-state index in [2.05, 4.69) is 27.9 Å². The maximum atomic E-state index is 12.0. The minimum atomic E-state index is -0.709. The monoisotopic (exact) mass is 477 g/mol. The van der Waals surface area contributed by atoms with E-state index in [1.165, 1.54) is 6.07 Å². The molecule has 27 heavy (non-hydrogen) atoms. The first kappa shape index (κ1) is 19.0. The van der Waals surface area contributed by atoms with Gasteiger partial charge in [-0.1, -0.05) is 30.3 Å². The van der Waals surface area contributed by atoms with Gasteiger partial charge in [-0.15, -0.1) is 0 Å². The number of halogens is 1. The minimum absolute atomic E-state index is 0.0174. The zero-order chi connectivity index (χ0) is 19.1. The van der Waals surface area contributed by atoms with Crippen LogP contribution in [-0.4, -0.2) is 18.5 Å². The van der Waals surface area contributed by atoms with Crippen molar-refractivity contribution >= 4 is 40.2 Å². The summed E-state index contributed by atoms with van der Waals surface area (Å²) in [6.45, 7) is -0.218. The number of esters is 1. The highest BCUT2D eigenvalue weighted by Crippen LogP contribution is 2.17. The van der Waals surface area contributed by atoms with E-state index >= 15 is 0 Å². The van der Waals surface area contributed by atoms with Gasteiger partial charge in [-0.05, 0) is 59.0 Å². The van der Waals surface area contributed by atoms with E-state index in [0.717, 1.165) is 3.57 Å². The summed E-state index contributed by atoms with van der Waals surface area (Å²) in [5, 5.41) is 2.69. The number of anilines is 1. The van der Waals surface area contributed by atoms with Gasteiger partial charge in [-0.3, -0.25) is 4.79 Å². The van der Waals surface area contributed by atoms with Crippen molar-refractivity contribution in [2.45, 2.75) is 6.61 Å². The van der Waals surface area contributed by atoms with Gasteiger partial charge in [0.05, 0.1) is 5.69 Å². The van der Waals surface area contributed by atoms with E-state index in [9.17, 15) is 9.59 Å². The number of para-hydroxylation sites is 2. The number of amides is 1. The number of ether oxygens (including phenoxy) is 2. The fourth-order valence-electron chi connectivity index (χ4n) is 2.19. The largest absolute Gasteiger partial charge is 0.486 e. The van der Waals surface area contributed by atoms with Crippen LogP contribution < -0.4 is 10.1 Å². The molecule has 0 radical (unpaired) electrons. The van der Waals surface area contributed by atoms with Crippen LogP contribution in [0.25, 0.3) is 0 Å². The Morgan fingerprint density at radius 2 is 1.70 bits per heavy atom. The molecule has 7 heteroatoms. The lowest BCUT2D eigenvalue weighted by Gasteiger charge is -2.07. The molecule has 0 unspecified atom stereocenters. The minimum Gasteiger partial charge on any atom is -0.486 e. The van der Waals surface area contributed by atoms with Gasteiger partial charge < -0.3 is 19.2 Å². The van der Waals surface area contributed by atoms with Crippen LogP contribution in [0.2, 0.25) is 0 Å². The summed E-state index contributed by atoms with van der Waals surface area (Å²) in [5.41, 5.74) is 0.664. The number of nitrogens with one attached hydrogen (secondary N) is 1. The van der Waals surface area contributed by atoms with Gasteiger partial charge in [0, 0.05) is 3.57 Å². The number of carbonyl (C=O) groups is 2. The predicted octanol–water partition coefficient (Wildman–Crippen LogP) is 4.26. The molecule has 1 aromatic heterocycles. The number of hydrogen-bond donors (Lipinski definition) is 1. The molecular weight excluding hydrogens is 461 g/mol. The van der Waals surface area contributed by atoms with Crippen molar-refractivity contribution in [2.75, 3.05) is 11.9 Å². The van der Waals surface area contributed by atoms with Gasteiger partial charge in [0.1, 0.15) is 18.1 Å². The average molecular weight is 477 g/mol. The van der Waals surface area contributed by atoms with Gasteiger partial charge in [0.2, 0.25) is 5.76 Å². The molecule has 0 atom stereocenters. The summed E-state index contributed by atoms with van der Waals surface area (Å²) in [6.07, 6.45) is 0. The van der Waals surface area contributed by atoms with E-state index in [1.54, 1.807) is 12.1 Å². The van der Waals surface area contributed by atoms with Crippen LogP contribution in [0.4, 0.5) is 5.69 Å². The van der Waals surface area contributed by atoms with Crippen molar-refractivity contribution in [2.24, 2.45) is 0 Å². The zero-order valence-corrected chi connectivity index (χ0v) is 16.3. The zero-order valence-electron chi connectivity index (χ0n) is 14.2. The van der Waals surface area contributed by atoms with E-state index in [-0.39, 0.29) is 12.4 Å². The molecule has 2 aromatic carbocycles. The first-order chi connectivity index (χ1) is 13.1. The summed E-state index contributed by atoms with van der Waals surface area (Å²) in [4.78, 5) is 23.9. The number of benzene rings is 2. The highest BCUT2D eigenvalue weighted by Gasteiger charge is 2.15. The SMILES string of the molecule is O=C(COC(=O)c1ccc(COc2ccccc2)o1)Nc1ccccc1I. The Hall–Kier alpha value is -2.81. The van der Waals surface area contributed by atoms with Crippen LogP contribution >= 0.6 is 22.6 Å². The molecule has 0 spiro atoms. The van der Waals surface area contributed by atoms with E-state index in [0.29, 0.717) is 17.2 Å². The fraction of sp³-hybridized carbons (Fsp3) is 0.100. The van der Waals surface area contributed by atoms with Crippen molar-refractivity contribution in [3.8, 4) is 5.75 Å². The number of rotatable bonds is 7. The second kappa shape index (κ2) is 9.22. The molecule has 0 aliphatic heterocycles. The molecular formula is C20H16INO5. The summed E-state index contributed by atoms with van der Waals surface area (Å²) in [5.74, 6) is 0.0635. The van der Waals surface area contributed by atoms with E-state index < -0.39 is 18.5 Å². The molecule has 1 N–H and O–H groups in total. The summed E-state index contributed by atoms with van der Waals surface area (Å²) in [7, 11) is 0. The Kier molecular flexibility index (Phi) is 6.48. The normalized spacial score (nSPS) is 10.3. The molecule has 0 saturated heterocycles. The van der Waals surface area contributed by atoms with E-state index in [4.69, 9.17) is 13.9 Å². The maximum absolute atomic E-state index is 12.0. The Labute approximate surface area is 169 Å². The maximum Gasteiger partial charge on any atom is 0.374 e. The third-order valence-electron chi connectivity index (χ3n) is 3.47. The fourth-order valence-corrected chi connectivity index (χ4v) is 2.71. The summed E-state index contributed by atoms with van der Waals surface area (Å²) >= 11 is 2.11. The molecule has 0 aliphatic carbocycles. The predicted molar refractivity (Wildman–Crippen MR) is 108 cm³/mol. The number of furan rings is 1. The average Bonchev–Trinajstić information content (AvgIpc) is 3.16. The van der Waals surface area contributed by atoms with Gasteiger partial charge in [0.25, 0.3) is 5.91 Å². The topological polar surface area (TPSA) is 77.8 Å². The van der Waals surface area contributed by atoms with Crippen LogP contribution in [0.5, 0.6) is 5.75 Å². The Bertz CT molecular complexity index is 923. The number of hydrogen-bond acceptors (Lipinski definition) is 5. The molecule has 3 aromatic rings. The Morgan fingerprint density at radius 1 is 0.963 bits per heavy atom. The lowest BCUT2D eigenvalue weighted by molar-refractivity contribution is -0.119. The summed E-state index contributed by atoms with van der Waals surface area (Å²) < 4.78 is 16.8. The van der Waals surface area contributed by atoms with Crippen molar-refractivity contribution in [3.05, 3.63) is 81.8 Å². The highest BCUT2D eigenvalue weighted by atomic mass is 127. The quantitative estimate of drug-likeness (QED) is 0.407. The van der Waals surface area contributed by atoms with Crippen LogP contribution in [0.1, 0.15) is 16.3 Å². The van der Waals surface area contributed by atoms with Crippen LogP contribution in [0.15, 0.2) is 71.1 Å². The molecule has 1 amide bonds. The summed E-state index contributed by atoms with van der Waals surface area (Å²) in [6, 6.07) is 19.7. The molecule has 3 rings (SSSR count). The van der Waals surface area contributed by atoms with Gasteiger partial charge in [-0.25, -0.2) is 4.79 Å². The Morgan fingerprint density at radius 3 is 2.48 bits per heavy atom. The third kappa shape index (κ3) is 5.58. The molecule has 138 valence electrons. The van der Waals surface area contributed by atoms with Gasteiger partial charge >= 0.3 is 5.97 Å². The second-order valence-electron chi connectivity index (χ2n) is 5.47. The standard InChI is InChI=1S/C20H16INO5/c21-16-8-4-5-9-17(16)22-19(23)13-26-20(24)18-11-10-15(27-18)12-25-14-6-2-1-3-7-14/h1-11H,12-13H2,(H,22,23). The molecule has 0 bridgehead atoms. The van der Waals surface area contributed by atoms with Crippen molar-refractivity contribution in [3.63, 3.8) is 0 Å². The lowest BCUT2D eigenvalue weighted by atomic mass is 10.3. The first-order valence-corrected chi connectivity index (χ1v) is 9.18. The Balaban J connectivity index is 1.47. The molecule has 0 fully saturated rings. The smallest absolute Gasteiger partial charge is 0.374 e. The molecule has 1 heterocycles. The van der Waals surface area contributed by atoms with Crippen LogP contribution in [0.3, 0.4) is 0 Å². The molecule has 0 saturated carbocycles.